The van der Waals surface area contributed by atoms with E-state index in [1.54, 1.807) is 27.4 Å². The van der Waals surface area contributed by atoms with E-state index >= 15 is 4.39 Å². The summed E-state index contributed by atoms with van der Waals surface area (Å²) in [5.74, 6) is 0.133. The van der Waals surface area contributed by atoms with Gasteiger partial charge in [0.15, 0.2) is 5.60 Å². The number of carbonyl (C=O) groups excluding carboxylic acids is 1. The Morgan fingerprint density at radius 2 is 1.68 bits per heavy atom. The molecular formula is C57H72ClFN4O10S. The first-order valence-electron chi connectivity index (χ1n) is 25.9. The minimum atomic E-state index is -3.90. The molecule has 0 bridgehead atoms. The number of carbonyl (C=O) groups is 1. The summed E-state index contributed by atoms with van der Waals surface area (Å²) in [7, 11) is 2.22. The second-order valence-electron chi connectivity index (χ2n) is 20.8. The number of hydrogen-bond acceptors (Lipinski definition) is 13. The molecule has 6 atom stereocenters. The summed E-state index contributed by atoms with van der Waals surface area (Å²) in [6.07, 6.45) is 4.31. The zero-order valence-electron chi connectivity index (χ0n) is 43.4. The number of benzene rings is 4. The third-order valence-corrected chi connectivity index (χ3v) is 18.2. The second-order valence-corrected chi connectivity index (χ2v) is 23.3. The number of methoxy groups -OCH3 is 4. The molecule has 4 aromatic rings. The van der Waals surface area contributed by atoms with Crippen molar-refractivity contribution in [2.24, 2.45) is 11.8 Å². The molecule has 4 aromatic carbocycles. The highest BCUT2D eigenvalue weighted by molar-refractivity contribution is 7.89. The van der Waals surface area contributed by atoms with Crippen LogP contribution < -0.4 is 19.1 Å². The lowest BCUT2D eigenvalue weighted by Crippen LogP contribution is -2.63. The minimum Gasteiger partial charge on any atom is -0.497 e. The largest absolute Gasteiger partial charge is 0.497 e. The first kappa shape index (κ1) is 54.0. The van der Waals surface area contributed by atoms with E-state index in [0.717, 1.165) is 49.2 Å². The van der Waals surface area contributed by atoms with E-state index in [1.165, 1.54) is 28.6 Å². The molecule has 5 aliphatic rings. The van der Waals surface area contributed by atoms with Crippen LogP contribution in [0.3, 0.4) is 0 Å². The van der Waals surface area contributed by atoms with Crippen LogP contribution in [0.25, 0.3) is 0 Å². The van der Waals surface area contributed by atoms with Crippen LogP contribution in [0, 0.1) is 11.8 Å². The fraction of sp³-hybridized carbons (Fsp3) is 0.526. The number of halogens is 2. The smallest absolute Gasteiger partial charge is 0.337 e. The Kier molecular flexibility index (Phi) is 17.2. The maximum absolute atomic E-state index is 18.2. The van der Waals surface area contributed by atoms with E-state index < -0.39 is 44.9 Å². The predicted molar refractivity (Wildman–Crippen MR) is 284 cm³/mol. The van der Waals surface area contributed by atoms with Crippen molar-refractivity contribution in [1.29, 1.82) is 0 Å². The van der Waals surface area contributed by atoms with Crippen molar-refractivity contribution in [3.8, 4) is 17.2 Å². The van der Waals surface area contributed by atoms with Gasteiger partial charge in [-0.15, -0.1) is 0 Å². The highest BCUT2D eigenvalue weighted by atomic mass is 35.5. The molecular weight excluding hydrogens is 987 g/mol. The van der Waals surface area contributed by atoms with Crippen LogP contribution >= 0.6 is 11.6 Å². The van der Waals surface area contributed by atoms with Crippen molar-refractivity contribution in [1.82, 2.24) is 14.1 Å². The third-order valence-electron chi connectivity index (χ3n) is 16.0. The number of ether oxygens (including phenoxy) is 7. The van der Waals surface area contributed by atoms with Gasteiger partial charge in [-0.05, 0) is 121 Å². The lowest BCUT2D eigenvalue weighted by Gasteiger charge is -2.48. The average Bonchev–Trinajstić information content (AvgIpc) is 3.83. The molecule has 4 aliphatic heterocycles. The van der Waals surface area contributed by atoms with Crippen molar-refractivity contribution in [3.63, 3.8) is 0 Å². The average molecular weight is 1060 g/mol. The van der Waals surface area contributed by atoms with Gasteiger partial charge in [0, 0.05) is 95.0 Å². The number of rotatable bonds is 19. The topological polar surface area (TPSA) is 129 Å². The molecule has 0 radical (unpaired) electrons. The van der Waals surface area contributed by atoms with Crippen LogP contribution in [0.5, 0.6) is 17.2 Å². The van der Waals surface area contributed by atoms with Crippen molar-refractivity contribution in [3.05, 3.63) is 130 Å². The summed E-state index contributed by atoms with van der Waals surface area (Å²) in [6.45, 7) is 8.51. The molecule has 3 fully saturated rings. The fourth-order valence-electron chi connectivity index (χ4n) is 12.0. The molecule has 0 saturated carbocycles. The van der Waals surface area contributed by atoms with Crippen LogP contribution in [-0.4, -0.2) is 153 Å². The first-order valence-corrected chi connectivity index (χ1v) is 27.9. The van der Waals surface area contributed by atoms with E-state index in [9.17, 15) is 13.2 Å². The minimum absolute atomic E-state index is 0.135. The molecule has 4 heterocycles. The number of sulfonamides is 1. The van der Waals surface area contributed by atoms with Gasteiger partial charge in [-0.25, -0.2) is 17.6 Å². The van der Waals surface area contributed by atoms with E-state index in [0.29, 0.717) is 86.9 Å². The van der Waals surface area contributed by atoms with Crippen molar-refractivity contribution >= 4 is 33.3 Å². The van der Waals surface area contributed by atoms with Crippen molar-refractivity contribution in [2.75, 3.05) is 111 Å². The standard InChI is InChI=1S/C57H72ClFN4O10S/c1-40(36-74(65,66)63(31-41-9-15-48(67-2)16-10-41)32-42-11-17-49(68-3)18-12-42)8-21-53(59)57(70-5,38-60-24-25-61-26-28-71-35-47(61)34-60)54-45(22-27-72-54)33-62-37-56(23-6-7-43-29-46(58)14-19-50(43)56)39-73-52-20-13-44(30-51(52)62)55(64)69-4/h9-21,29-30,40,45,47,54H,6-8,22-28,31-39H2,1-5H3/b53-21-/t40-,45-,47-,54+,56-,57?/m0/s1. The van der Waals surface area contributed by atoms with Crippen LogP contribution in [0.2, 0.25) is 5.02 Å². The van der Waals surface area contributed by atoms with Crippen molar-refractivity contribution in [2.45, 2.75) is 75.3 Å². The predicted octanol–water partition coefficient (Wildman–Crippen LogP) is 8.34. The Hall–Kier alpha value is -4.78. The highest BCUT2D eigenvalue weighted by Gasteiger charge is 2.53. The van der Waals surface area contributed by atoms with Gasteiger partial charge in [-0.2, -0.15) is 4.31 Å². The van der Waals surface area contributed by atoms with Gasteiger partial charge in [0.25, 0.3) is 0 Å². The number of morpholine rings is 1. The molecule has 74 heavy (non-hydrogen) atoms. The third kappa shape index (κ3) is 11.9. The maximum atomic E-state index is 18.2. The van der Waals surface area contributed by atoms with Gasteiger partial charge >= 0.3 is 5.97 Å². The quantitative estimate of drug-likeness (QED) is 0.0836. The number of hydrogen-bond donors (Lipinski definition) is 0. The number of piperazine rings is 1. The van der Waals surface area contributed by atoms with Gasteiger partial charge < -0.3 is 38.1 Å². The van der Waals surface area contributed by atoms with Crippen LogP contribution in [-0.2, 0) is 53.9 Å². The molecule has 1 aliphatic carbocycles. The zero-order chi connectivity index (χ0) is 52.0. The summed E-state index contributed by atoms with van der Waals surface area (Å²) in [5, 5.41) is 0.694. The fourth-order valence-corrected chi connectivity index (χ4v) is 13.9. The first-order chi connectivity index (χ1) is 35.7. The molecule has 1 spiro atoms. The monoisotopic (exact) mass is 1060 g/mol. The Balaban J connectivity index is 1.02. The summed E-state index contributed by atoms with van der Waals surface area (Å²) in [5.41, 5.74) is 3.21. The van der Waals surface area contributed by atoms with E-state index in [1.807, 2.05) is 73.7 Å². The molecule has 0 N–H and O–H groups in total. The number of anilines is 1. The normalized spacial score (nSPS) is 23.8. The Morgan fingerprint density at radius 3 is 2.36 bits per heavy atom. The molecule has 14 nitrogen and oxygen atoms in total. The second kappa shape index (κ2) is 23.6. The number of allylic oxidation sites excluding steroid dienone is 1. The summed E-state index contributed by atoms with van der Waals surface area (Å²) in [4.78, 5) is 20.1. The highest BCUT2D eigenvalue weighted by Crippen LogP contribution is 2.47. The van der Waals surface area contributed by atoms with Crippen molar-refractivity contribution < 1.29 is 50.8 Å². The Morgan fingerprint density at radius 1 is 0.946 bits per heavy atom. The lowest BCUT2D eigenvalue weighted by atomic mass is 9.70. The number of nitrogens with zero attached hydrogens (tertiary/aromatic N) is 4. The molecule has 0 aromatic heterocycles. The van der Waals surface area contributed by atoms with Gasteiger partial charge in [0.05, 0.1) is 64.3 Å². The number of esters is 1. The number of fused-ring (bicyclic) bond motifs is 4. The maximum Gasteiger partial charge on any atom is 0.337 e. The lowest BCUT2D eigenvalue weighted by molar-refractivity contribution is -0.132. The Bertz CT molecular complexity index is 2670. The summed E-state index contributed by atoms with van der Waals surface area (Å²) >= 11 is 6.57. The Labute approximate surface area is 441 Å². The van der Waals surface area contributed by atoms with Crippen LogP contribution in [0.1, 0.15) is 65.2 Å². The van der Waals surface area contributed by atoms with Crippen LogP contribution in [0.4, 0.5) is 10.1 Å². The van der Waals surface area contributed by atoms with E-state index in [4.69, 9.17) is 44.8 Å². The van der Waals surface area contributed by atoms with Crippen LogP contribution in [0.15, 0.2) is 96.8 Å². The molecule has 0 amide bonds. The van der Waals surface area contributed by atoms with E-state index in [2.05, 4.69) is 26.8 Å². The summed E-state index contributed by atoms with van der Waals surface area (Å²) in [6, 6.07) is 26.5. The molecule has 1 unspecified atom stereocenters. The van der Waals surface area contributed by atoms with Gasteiger partial charge in [-0.1, -0.05) is 48.9 Å². The molecule has 9 rings (SSSR count). The molecule has 3 saturated heterocycles. The van der Waals surface area contributed by atoms with Gasteiger partial charge in [0.1, 0.15) is 23.1 Å². The molecule has 400 valence electrons. The van der Waals surface area contributed by atoms with E-state index in [-0.39, 0.29) is 43.8 Å². The van der Waals surface area contributed by atoms with Gasteiger partial charge in [0.2, 0.25) is 10.0 Å². The SMILES string of the molecule is COC(=O)c1ccc2c(c1)N(C[C@@H]1CCO[C@H]1C(CN1CCN3CCOC[C@@H]3C1)(OC)/C(F)=C/C[C@H](C)CS(=O)(=O)N(Cc1ccc(OC)cc1)Cc1ccc(OC)cc1)C[C@@]1(CCCc3cc(Cl)ccc31)CO2. The van der Waals surface area contributed by atoms with Gasteiger partial charge in [-0.3, -0.25) is 9.80 Å². The number of aryl methyl sites for hydroxylation is 1. The zero-order valence-corrected chi connectivity index (χ0v) is 45.0. The molecule has 17 heteroatoms. The summed E-state index contributed by atoms with van der Waals surface area (Å²) < 4.78 is 90.7.